The van der Waals surface area contributed by atoms with E-state index in [0.29, 0.717) is 38.2 Å². The highest BCUT2D eigenvalue weighted by atomic mass is 79.9. The predicted molar refractivity (Wildman–Crippen MR) is 146 cm³/mol. The van der Waals surface area contributed by atoms with Crippen molar-refractivity contribution in [2.75, 3.05) is 18.5 Å². The molecule has 1 aliphatic rings. The summed E-state index contributed by atoms with van der Waals surface area (Å²) in [6.07, 6.45) is 1.78. The van der Waals surface area contributed by atoms with Crippen LogP contribution in [0.3, 0.4) is 0 Å². The highest BCUT2D eigenvalue weighted by Crippen LogP contribution is 2.35. The molecule has 6 nitrogen and oxygen atoms in total. The van der Waals surface area contributed by atoms with Gasteiger partial charge in [-0.3, -0.25) is 14.5 Å². The second-order valence-corrected chi connectivity index (χ2v) is 9.79. The maximum atomic E-state index is 13.2. The van der Waals surface area contributed by atoms with Gasteiger partial charge in [0.05, 0.1) is 15.1 Å². The van der Waals surface area contributed by atoms with Gasteiger partial charge < -0.3 is 10.1 Å². The Kier molecular flexibility index (Phi) is 8.22. The molecule has 4 rings (SSSR count). The van der Waals surface area contributed by atoms with Gasteiger partial charge >= 0.3 is 0 Å². The van der Waals surface area contributed by atoms with Crippen molar-refractivity contribution in [2.45, 2.75) is 13.8 Å². The molecule has 1 heterocycles. The summed E-state index contributed by atoms with van der Waals surface area (Å²) in [5.74, 6) is -0.243. The van der Waals surface area contributed by atoms with Crippen molar-refractivity contribution in [3.8, 4) is 5.75 Å². The number of aryl methyl sites for hydroxylation is 1. The monoisotopic (exact) mass is 567 g/mol. The van der Waals surface area contributed by atoms with Crippen molar-refractivity contribution in [1.82, 2.24) is 4.90 Å². The minimum absolute atomic E-state index is 0.143. The van der Waals surface area contributed by atoms with E-state index in [1.54, 1.807) is 29.2 Å². The topological polar surface area (TPSA) is 71.0 Å². The van der Waals surface area contributed by atoms with E-state index in [1.807, 2.05) is 50.2 Å². The van der Waals surface area contributed by atoms with Crippen molar-refractivity contribution < 1.29 is 18.7 Å². The number of benzene rings is 3. The van der Waals surface area contributed by atoms with Crippen molar-refractivity contribution >= 4 is 62.1 Å². The molecule has 0 radical (unpaired) electrons. The molecular weight excluding hydrogens is 545 g/mol. The van der Waals surface area contributed by atoms with Crippen LogP contribution in [-0.2, 0) is 9.59 Å². The molecular formula is C27H23BrFN3O3S. The number of hydrogen-bond donors (Lipinski definition) is 1. The molecule has 0 spiro atoms. The third kappa shape index (κ3) is 6.41. The Bertz CT molecular complexity index is 1340. The summed E-state index contributed by atoms with van der Waals surface area (Å²) in [6, 6.07) is 18.7. The summed E-state index contributed by atoms with van der Waals surface area (Å²) in [7, 11) is 0. The molecule has 1 fully saturated rings. The largest absolute Gasteiger partial charge is 0.483 e. The molecule has 36 heavy (non-hydrogen) atoms. The third-order valence-electron chi connectivity index (χ3n) is 5.20. The first-order chi connectivity index (χ1) is 17.3. The summed E-state index contributed by atoms with van der Waals surface area (Å²) >= 11 is 4.75. The Balaban J connectivity index is 1.43. The van der Waals surface area contributed by atoms with E-state index in [1.165, 1.54) is 23.9 Å². The van der Waals surface area contributed by atoms with E-state index >= 15 is 0 Å². The number of halogens is 2. The molecule has 0 saturated carbocycles. The number of carbonyl (C=O) groups is 2. The van der Waals surface area contributed by atoms with Gasteiger partial charge in [-0.1, -0.05) is 23.8 Å². The van der Waals surface area contributed by atoms with E-state index in [4.69, 9.17) is 4.74 Å². The Hall–Kier alpha value is -3.43. The number of amidine groups is 1. The van der Waals surface area contributed by atoms with Crippen molar-refractivity contribution in [1.29, 1.82) is 0 Å². The number of thioether (sulfide) groups is 1. The van der Waals surface area contributed by atoms with Crippen LogP contribution in [0.2, 0.25) is 0 Å². The smallest absolute Gasteiger partial charge is 0.266 e. The first kappa shape index (κ1) is 25.7. The van der Waals surface area contributed by atoms with Crippen LogP contribution in [0, 0.1) is 12.7 Å². The molecule has 0 aliphatic carbocycles. The number of ether oxygens (including phenoxy) is 1. The van der Waals surface area contributed by atoms with Crippen molar-refractivity contribution in [3.05, 3.63) is 93.1 Å². The summed E-state index contributed by atoms with van der Waals surface area (Å²) in [6.45, 7) is 4.17. The molecule has 2 amide bonds. The van der Waals surface area contributed by atoms with Gasteiger partial charge in [-0.25, -0.2) is 9.38 Å². The Labute approximate surface area is 221 Å². The average Bonchev–Trinajstić information content (AvgIpc) is 3.15. The van der Waals surface area contributed by atoms with Crippen LogP contribution in [0.5, 0.6) is 5.75 Å². The van der Waals surface area contributed by atoms with E-state index in [-0.39, 0.29) is 24.2 Å². The van der Waals surface area contributed by atoms with Gasteiger partial charge in [0.15, 0.2) is 11.8 Å². The lowest BCUT2D eigenvalue weighted by Gasteiger charge is -2.12. The van der Waals surface area contributed by atoms with Gasteiger partial charge in [0, 0.05) is 12.2 Å². The Morgan fingerprint density at radius 3 is 2.53 bits per heavy atom. The van der Waals surface area contributed by atoms with Crippen LogP contribution in [-0.4, -0.2) is 35.0 Å². The standard InChI is InChI=1S/C27H23BrFN3O3S/c1-3-32-26(34)24(36-27(32)31-21-11-7-19(29)8-12-21)15-18-6-13-23(22(28)14-18)35-16-25(33)30-20-9-4-17(2)5-10-20/h4-15H,3,16H2,1-2H3,(H,30,33)/b24-15+,31-27?. The van der Waals surface area contributed by atoms with E-state index in [0.717, 1.165) is 11.1 Å². The highest BCUT2D eigenvalue weighted by Gasteiger charge is 2.32. The quantitative estimate of drug-likeness (QED) is 0.329. The number of anilines is 1. The maximum absolute atomic E-state index is 13.2. The second kappa shape index (κ2) is 11.5. The number of likely N-dealkylation sites (N-methyl/N-ethyl adjacent to an activating group) is 1. The number of hydrogen-bond acceptors (Lipinski definition) is 5. The predicted octanol–water partition coefficient (Wildman–Crippen LogP) is 6.54. The molecule has 0 atom stereocenters. The Morgan fingerprint density at radius 2 is 1.86 bits per heavy atom. The summed E-state index contributed by atoms with van der Waals surface area (Å²) < 4.78 is 19.5. The van der Waals surface area contributed by atoms with Gasteiger partial charge in [-0.2, -0.15) is 0 Å². The number of rotatable bonds is 7. The minimum Gasteiger partial charge on any atom is -0.483 e. The minimum atomic E-state index is -0.341. The number of aliphatic imine (C=N–C) groups is 1. The fourth-order valence-electron chi connectivity index (χ4n) is 3.35. The Morgan fingerprint density at radius 1 is 1.14 bits per heavy atom. The van der Waals surface area contributed by atoms with Crippen molar-refractivity contribution in [3.63, 3.8) is 0 Å². The van der Waals surface area contributed by atoms with Crippen LogP contribution >= 0.6 is 27.7 Å². The molecule has 9 heteroatoms. The summed E-state index contributed by atoms with van der Waals surface area (Å²) in [4.78, 5) is 31.7. The molecule has 3 aromatic rings. The molecule has 184 valence electrons. The maximum Gasteiger partial charge on any atom is 0.266 e. The van der Waals surface area contributed by atoms with E-state index < -0.39 is 0 Å². The first-order valence-electron chi connectivity index (χ1n) is 11.2. The van der Waals surface area contributed by atoms with Gasteiger partial charge in [-0.05, 0) is 102 Å². The zero-order chi connectivity index (χ0) is 25.7. The molecule has 0 bridgehead atoms. The number of amides is 2. The molecule has 0 aromatic heterocycles. The molecule has 3 aromatic carbocycles. The lowest BCUT2D eigenvalue weighted by molar-refractivity contribution is -0.122. The second-order valence-electron chi connectivity index (χ2n) is 7.92. The molecule has 0 unspecified atom stereocenters. The molecule has 1 N–H and O–H groups in total. The highest BCUT2D eigenvalue weighted by molar-refractivity contribution is 9.10. The lowest BCUT2D eigenvalue weighted by atomic mass is 10.2. The lowest BCUT2D eigenvalue weighted by Crippen LogP contribution is -2.28. The molecule has 1 saturated heterocycles. The zero-order valence-corrected chi connectivity index (χ0v) is 22.0. The fourth-order valence-corrected chi connectivity index (χ4v) is 4.92. The van der Waals surface area contributed by atoms with Gasteiger partial charge in [0.1, 0.15) is 11.6 Å². The van der Waals surface area contributed by atoms with Gasteiger partial charge in [0.2, 0.25) is 0 Å². The van der Waals surface area contributed by atoms with Crippen LogP contribution < -0.4 is 10.1 Å². The number of nitrogens with one attached hydrogen (secondary N) is 1. The zero-order valence-electron chi connectivity index (χ0n) is 19.6. The van der Waals surface area contributed by atoms with E-state index in [9.17, 15) is 14.0 Å². The summed E-state index contributed by atoms with van der Waals surface area (Å²) in [5.41, 5.74) is 3.17. The van der Waals surface area contributed by atoms with Crippen LogP contribution in [0.4, 0.5) is 15.8 Å². The van der Waals surface area contributed by atoms with Gasteiger partial charge in [-0.15, -0.1) is 0 Å². The first-order valence-corrected chi connectivity index (χ1v) is 12.8. The van der Waals surface area contributed by atoms with Crippen LogP contribution in [0.25, 0.3) is 6.08 Å². The van der Waals surface area contributed by atoms with Crippen molar-refractivity contribution in [2.24, 2.45) is 4.99 Å². The summed E-state index contributed by atoms with van der Waals surface area (Å²) in [5, 5.41) is 3.33. The molecule has 1 aliphatic heterocycles. The SMILES string of the molecule is CCN1C(=O)/C(=C\c2ccc(OCC(=O)Nc3ccc(C)cc3)c(Br)c2)SC1=Nc1ccc(F)cc1. The third-order valence-corrected chi connectivity index (χ3v) is 6.83. The van der Waals surface area contributed by atoms with Crippen LogP contribution in [0.1, 0.15) is 18.1 Å². The van der Waals surface area contributed by atoms with Gasteiger partial charge in [0.25, 0.3) is 11.8 Å². The number of carbonyl (C=O) groups excluding carboxylic acids is 2. The number of nitrogens with zero attached hydrogens (tertiary/aromatic N) is 2. The average molecular weight is 568 g/mol. The fraction of sp³-hybridized carbons (Fsp3) is 0.148. The van der Waals surface area contributed by atoms with Crippen LogP contribution in [0.15, 0.2) is 81.1 Å². The van der Waals surface area contributed by atoms with E-state index in [2.05, 4.69) is 26.2 Å². The normalized spacial score (nSPS) is 15.6.